The molecule has 0 saturated carbocycles. The molecule has 0 saturated heterocycles. The van der Waals surface area contributed by atoms with E-state index in [9.17, 15) is 4.79 Å². The van der Waals surface area contributed by atoms with Crippen LogP contribution in [0.2, 0.25) is 0 Å². The van der Waals surface area contributed by atoms with Crippen molar-refractivity contribution in [3.05, 3.63) is 46.8 Å². The molecule has 27 heavy (non-hydrogen) atoms. The van der Waals surface area contributed by atoms with Crippen molar-refractivity contribution in [2.75, 3.05) is 17.2 Å². The van der Waals surface area contributed by atoms with E-state index < -0.39 is 5.41 Å². The summed E-state index contributed by atoms with van der Waals surface area (Å²) in [6, 6.07) is 4.23. The van der Waals surface area contributed by atoms with Crippen LogP contribution in [-0.4, -0.2) is 18.5 Å². The Morgan fingerprint density at radius 2 is 2.11 bits per heavy atom. The zero-order valence-corrected chi connectivity index (χ0v) is 16.8. The van der Waals surface area contributed by atoms with Gasteiger partial charge in [0.05, 0.1) is 11.4 Å². The number of aldehydes is 1. The van der Waals surface area contributed by atoms with Crippen molar-refractivity contribution in [2.24, 2.45) is 5.10 Å². The Morgan fingerprint density at radius 3 is 2.85 bits per heavy atom. The number of hydrogen-bond donors (Lipinski definition) is 3. The van der Waals surface area contributed by atoms with E-state index in [1.165, 1.54) is 5.57 Å². The standard InChI is InChI=1S/C22H30N4O/c1-5-23-20-10-15(2)19(12-17(20)22(3,4)14-27)25-18-9-7-6-8-16-11-21(18)26-24-13-16/h9-10,12-14,23-25H,5-8,11H2,1-4H3/b18-9+. The van der Waals surface area contributed by atoms with Crippen molar-refractivity contribution in [3.63, 3.8) is 0 Å². The van der Waals surface area contributed by atoms with Crippen LogP contribution in [0.5, 0.6) is 0 Å². The fraction of sp³-hybridized carbons (Fsp3) is 0.455. The van der Waals surface area contributed by atoms with Gasteiger partial charge in [-0.25, -0.2) is 0 Å². The summed E-state index contributed by atoms with van der Waals surface area (Å²) in [6.45, 7) is 8.89. The average Bonchev–Trinajstić information content (AvgIpc) is 2.65. The summed E-state index contributed by atoms with van der Waals surface area (Å²) in [6.07, 6.45) is 9.45. The van der Waals surface area contributed by atoms with Crippen LogP contribution in [0.4, 0.5) is 11.4 Å². The number of fused-ring (bicyclic) bond motifs is 2. The van der Waals surface area contributed by atoms with Crippen molar-refractivity contribution in [1.82, 2.24) is 5.43 Å². The largest absolute Gasteiger partial charge is 0.385 e. The summed E-state index contributed by atoms with van der Waals surface area (Å²) in [5, 5.41) is 11.5. The maximum atomic E-state index is 11.7. The monoisotopic (exact) mass is 366 g/mol. The second-order valence-electron chi connectivity index (χ2n) is 7.88. The molecule has 2 aliphatic rings. The molecule has 0 fully saturated rings. The predicted molar refractivity (Wildman–Crippen MR) is 113 cm³/mol. The van der Waals surface area contributed by atoms with E-state index in [0.717, 1.165) is 72.4 Å². The van der Waals surface area contributed by atoms with Crippen molar-refractivity contribution in [1.29, 1.82) is 0 Å². The highest BCUT2D eigenvalue weighted by Gasteiger charge is 2.25. The zero-order valence-electron chi connectivity index (χ0n) is 16.8. The number of carbonyl (C=O) groups is 1. The highest BCUT2D eigenvalue weighted by molar-refractivity contribution is 6.04. The normalized spacial score (nSPS) is 18.7. The molecule has 0 unspecified atom stereocenters. The first-order chi connectivity index (χ1) is 12.9. The number of aryl methyl sites for hydroxylation is 1. The molecule has 0 amide bonds. The minimum absolute atomic E-state index is 0.559. The maximum absolute atomic E-state index is 11.7. The molecule has 5 heteroatoms. The minimum atomic E-state index is -0.559. The highest BCUT2D eigenvalue weighted by Crippen LogP contribution is 2.34. The minimum Gasteiger partial charge on any atom is -0.385 e. The SMILES string of the molecule is CCNc1cc(C)c(N/C2=C/CCCC3=CNN=C2C3)cc1C(C)(C)C=O. The Hall–Kier alpha value is -2.56. The first-order valence-electron chi connectivity index (χ1n) is 9.77. The van der Waals surface area contributed by atoms with E-state index in [0.29, 0.717) is 0 Å². The van der Waals surface area contributed by atoms with Crippen molar-refractivity contribution < 1.29 is 4.79 Å². The zero-order chi connectivity index (χ0) is 19.4. The fourth-order valence-electron chi connectivity index (χ4n) is 3.56. The Kier molecular flexibility index (Phi) is 5.68. The van der Waals surface area contributed by atoms with Crippen molar-refractivity contribution in [3.8, 4) is 0 Å². The van der Waals surface area contributed by atoms with E-state index in [1.54, 1.807) is 0 Å². The topological polar surface area (TPSA) is 65.5 Å². The van der Waals surface area contributed by atoms with E-state index in [-0.39, 0.29) is 0 Å². The van der Waals surface area contributed by atoms with Crippen LogP contribution >= 0.6 is 0 Å². The van der Waals surface area contributed by atoms with Crippen LogP contribution in [0.25, 0.3) is 0 Å². The summed E-state index contributed by atoms with van der Waals surface area (Å²) in [7, 11) is 0. The molecule has 1 aliphatic heterocycles. The number of nitrogens with one attached hydrogen (secondary N) is 3. The predicted octanol–water partition coefficient (Wildman–Crippen LogP) is 4.62. The van der Waals surface area contributed by atoms with Gasteiger partial charge in [0.1, 0.15) is 6.29 Å². The van der Waals surface area contributed by atoms with Crippen LogP contribution in [-0.2, 0) is 10.2 Å². The first-order valence-corrected chi connectivity index (χ1v) is 9.77. The van der Waals surface area contributed by atoms with Crippen molar-refractivity contribution in [2.45, 2.75) is 58.8 Å². The number of nitrogens with zero attached hydrogens (tertiary/aromatic N) is 1. The van der Waals surface area contributed by atoms with Crippen LogP contribution in [0.15, 0.2) is 40.8 Å². The Balaban J connectivity index is 1.97. The van der Waals surface area contributed by atoms with Gasteiger partial charge in [0.15, 0.2) is 0 Å². The molecule has 1 heterocycles. The third-order valence-corrected chi connectivity index (χ3v) is 5.21. The summed E-state index contributed by atoms with van der Waals surface area (Å²) in [4.78, 5) is 11.7. The maximum Gasteiger partial charge on any atom is 0.130 e. The molecule has 0 atom stereocenters. The summed E-state index contributed by atoms with van der Waals surface area (Å²) in [5.74, 6) is 0. The highest BCUT2D eigenvalue weighted by atomic mass is 16.1. The number of rotatable bonds is 6. The lowest BCUT2D eigenvalue weighted by atomic mass is 9.84. The van der Waals surface area contributed by atoms with Gasteiger partial charge in [0.25, 0.3) is 0 Å². The number of anilines is 2. The molecule has 0 radical (unpaired) electrons. The molecule has 3 N–H and O–H groups in total. The van der Waals surface area contributed by atoms with Gasteiger partial charge in [-0.15, -0.1) is 0 Å². The van der Waals surface area contributed by atoms with Gasteiger partial charge in [-0.2, -0.15) is 5.10 Å². The van der Waals surface area contributed by atoms with Gasteiger partial charge in [0.2, 0.25) is 0 Å². The van der Waals surface area contributed by atoms with Gasteiger partial charge >= 0.3 is 0 Å². The first kappa shape index (κ1) is 19.2. The lowest BCUT2D eigenvalue weighted by Crippen LogP contribution is -2.23. The number of hydrogen-bond acceptors (Lipinski definition) is 5. The average molecular weight is 367 g/mol. The molecule has 0 spiro atoms. The molecule has 2 bridgehead atoms. The van der Waals surface area contributed by atoms with Gasteiger partial charge in [-0.1, -0.05) is 6.08 Å². The molecule has 5 nitrogen and oxygen atoms in total. The Bertz CT molecular complexity index is 818. The molecule has 1 aromatic carbocycles. The Morgan fingerprint density at radius 1 is 1.30 bits per heavy atom. The molecule has 144 valence electrons. The van der Waals surface area contributed by atoms with E-state index >= 15 is 0 Å². The second kappa shape index (κ2) is 7.99. The van der Waals surface area contributed by atoms with Gasteiger partial charge < -0.3 is 15.4 Å². The van der Waals surface area contributed by atoms with E-state index in [4.69, 9.17) is 0 Å². The van der Waals surface area contributed by atoms with Gasteiger partial charge in [-0.05, 0) is 75.8 Å². The van der Waals surface area contributed by atoms with Gasteiger partial charge in [-0.3, -0.25) is 5.43 Å². The molecule has 3 rings (SSSR count). The molecular formula is C22H30N4O. The quantitative estimate of drug-likeness (QED) is 0.643. The summed E-state index contributed by atoms with van der Waals surface area (Å²) >= 11 is 0. The fourth-order valence-corrected chi connectivity index (χ4v) is 3.56. The third kappa shape index (κ3) is 4.24. The van der Waals surface area contributed by atoms with Crippen LogP contribution < -0.4 is 16.1 Å². The third-order valence-electron chi connectivity index (χ3n) is 5.21. The lowest BCUT2D eigenvalue weighted by Gasteiger charge is -2.26. The molecular weight excluding hydrogens is 336 g/mol. The number of carbonyl (C=O) groups excluding carboxylic acids is 1. The number of allylic oxidation sites excluding steroid dienone is 3. The Labute approximate surface area is 162 Å². The summed E-state index contributed by atoms with van der Waals surface area (Å²) in [5.41, 5.74) is 10.2. The number of hydrazone groups is 1. The van der Waals surface area contributed by atoms with Crippen LogP contribution in [0.3, 0.4) is 0 Å². The lowest BCUT2D eigenvalue weighted by molar-refractivity contribution is -0.111. The van der Waals surface area contributed by atoms with Crippen molar-refractivity contribution >= 4 is 23.4 Å². The van der Waals surface area contributed by atoms with E-state index in [1.807, 2.05) is 20.0 Å². The van der Waals surface area contributed by atoms with E-state index in [2.05, 4.69) is 53.2 Å². The van der Waals surface area contributed by atoms with Crippen LogP contribution in [0.1, 0.15) is 57.6 Å². The van der Waals surface area contributed by atoms with Gasteiger partial charge in [0, 0.05) is 36.0 Å². The smallest absolute Gasteiger partial charge is 0.130 e. The second-order valence-corrected chi connectivity index (χ2v) is 7.88. The molecule has 1 aromatic rings. The number of benzene rings is 1. The summed E-state index contributed by atoms with van der Waals surface area (Å²) < 4.78 is 0. The molecule has 0 aromatic heterocycles. The molecule has 1 aliphatic carbocycles. The van der Waals surface area contributed by atoms with Crippen LogP contribution in [0, 0.1) is 6.92 Å².